The molecule has 0 fully saturated rings. The van der Waals surface area contributed by atoms with E-state index in [1.807, 2.05) is 18.2 Å². The molecule has 2 heteroatoms. The summed E-state index contributed by atoms with van der Waals surface area (Å²) in [6, 6.07) is 66.3. The molecule has 0 aliphatic rings. The molecule has 0 radical (unpaired) electrons. The van der Waals surface area contributed by atoms with Crippen molar-refractivity contribution in [2.45, 2.75) is 0 Å². The summed E-state index contributed by atoms with van der Waals surface area (Å²) in [5.74, 6) is 0.877. The van der Waals surface area contributed by atoms with Gasteiger partial charge in [0.1, 0.15) is 11.3 Å². The first kappa shape index (κ1) is 27.4. The normalized spacial score (nSPS) is 11.0. The lowest BCUT2D eigenvalue weighted by atomic mass is 9.99. The van der Waals surface area contributed by atoms with Gasteiger partial charge in [0.2, 0.25) is 0 Å². The SMILES string of the molecule is c1ccc(-c2ccc(N(c3ccc(-c4cccc(-c5cc6ccccc6o5)c4)cc3)c3ccccc3-c3ccccc3)cc2)cc1. The summed E-state index contributed by atoms with van der Waals surface area (Å²) in [4.78, 5) is 2.35. The maximum Gasteiger partial charge on any atom is 0.135 e. The van der Waals surface area contributed by atoms with Crippen molar-refractivity contribution in [3.63, 3.8) is 0 Å². The van der Waals surface area contributed by atoms with Crippen LogP contribution in [-0.2, 0) is 0 Å². The van der Waals surface area contributed by atoms with Crippen LogP contribution in [0, 0.1) is 0 Å². The highest BCUT2D eigenvalue weighted by atomic mass is 16.3. The predicted octanol–water partition coefficient (Wildman–Crippen LogP) is 12.6. The number of rotatable bonds is 7. The third-order valence-electron chi connectivity index (χ3n) is 8.49. The van der Waals surface area contributed by atoms with Gasteiger partial charge in [0, 0.05) is 27.9 Å². The zero-order chi connectivity index (χ0) is 30.7. The van der Waals surface area contributed by atoms with Gasteiger partial charge in [-0.15, -0.1) is 0 Å². The quantitative estimate of drug-likeness (QED) is 0.184. The molecule has 8 rings (SSSR count). The van der Waals surface area contributed by atoms with Gasteiger partial charge in [0.25, 0.3) is 0 Å². The fraction of sp³-hybridized carbons (Fsp3) is 0. The zero-order valence-electron chi connectivity index (χ0n) is 25.3. The van der Waals surface area contributed by atoms with Gasteiger partial charge in [-0.3, -0.25) is 0 Å². The molecule has 0 aliphatic carbocycles. The lowest BCUT2D eigenvalue weighted by molar-refractivity contribution is 0.631. The van der Waals surface area contributed by atoms with Crippen LogP contribution >= 0.6 is 0 Å². The number of fused-ring (bicyclic) bond motifs is 1. The fourth-order valence-corrected chi connectivity index (χ4v) is 6.17. The number of anilines is 3. The van der Waals surface area contributed by atoms with E-state index in [-0.39, 0.29) is 0 Å². The minimum absolute atomic E-state index is 0.877. The van der Waals surface area contributed by atoms with Crippen LogP contribution in [0.1, 0.15) is 0 Å². The Labute approximate surface area is 269 Å². The molecular weight excluding hydrogens is 558 g/mol. The smallest absolute Gasteiger partial charge is 0.135 e. The van der Waals surface area contributed by atoms with Crippen molar-refractivity contribution in [3.8, 4) is 44.7 Å². The summed E-state index contributed by atoms with van der Waals surface area (Å²) in [5, 5.41) is 1.11. The summed E-state index contributed by atoms with van der Waals surface area (Å²) < 4.78 is 6.17. The molecule has 0 saturated carbocycles. The minimum Gasteiger partial charge on any atom is -0.456 e. The van der Waals surface area contributed by atoms with Crippen molar-refractivity contribution >= 4 is 28.0 Å². The van der Waals surface area contributed by atoms with E-state index >= 15 is 0 Å². The van der Waals surface area contributed by atoms with Crippen LogP contribution in [-0.4, -0.2) is 0 Å². The molecule has 218 valence electrons. The molecule has 46 heavy (non-hydrogen) atoms. The van der Waals surface area contributed by atoms with Gasteiger partial charge in [-0.05, 0) is 76.3 Å². The van der Waals surface area contributed by atoms with Crippen molar-refractivity contribution in [3.05, 3.63) is 188 Å². The van der Waals surface area contributed by atoms with Crippen LogP contribution < -0.4 is 4.90 Å². The molecule has 0 spiro atoms. The van der Waals surface area contributed by atoms with E-state index in [1.165, 1.54) is 22.3 Å². The molecule has 0 unspecified atom stereocenters. The number of hydrogen-bond acceptors (Lipinski definition) is 2. The van der Waals surface area contributed by atoms with E-state index in [2.05, 4.69) is 175 Å². The third-order valence-corrected chi connectivity index (χ3v) is 8.49. The van der Waals surface area contributed by atoms with Gasteiger partial charge in [-0.25, -0.2) is 0 Å². The monoisotopic (exact) mass is 589 g/mol. The third kappa shape index (κ3) is 5.38. The van der Waals surface area contributed by atoms with Crippen LogP contribution in [0.2, 0.25) is 0 Å². The Balaban J connectivity index is 1.19. The van der Waals surface area contributed by atoms with Gasteiger partial charge in [-0.1, -0.05) is 140 Å². The van der Waals surface area contributed by atoms with Crippen molar-refractivity contribution in [2.75, 3.05) is 4.90 Å². The highest BCUT2D eigenvalue weighted by Gasteiger charge is 2.17. The highest BCUT2D eigenvalue weighted by molar-refractivity contribution is 5.89. The summed E-state index contributed by atoms with van der Waals surface area (Å²) in [6.45, 7) is 0. The molecule has 8 aromatic rings. The lowest BCUT2D eigenvalue weighted by Crippen LogP contribution is -2.11. The van der Waals surface area contributed by atoms with Crippen LogP contribution in [0.25, 0.3) is 55.7 Å². The Hall–Kier alpha value is -6.12. The Morgan fingerprint density at radius 3 is 1.57 bits per heavy atom. The van der Waals surface area contributed by atoms with Crippen LogP contribution in [0.3, 0.4) is 0 Å². The first-order chi connectivity index (χ1) is 22.8. The molecule has 0 saturated heterocycles. The van der Waals surface area contributed by atoms with Crippen molar-refractivity contribution in [1.29, 1.82) is 0 Å². The van der Waals surface area contributed by atoms with E-state index in [0.717, 1.165) is 50.5 Å². The largest absolute Gasteiger partial charge is 0.456 e. The maximum absolute atomic E-state index is 6.17. The number of para-hydroxylation sites is 2. The second kappa shape index (κ2) is 12.1. The van der Waals surface area contributed by atoms with Crippen molar-refractivity contribution in [2.24, 2.45) is 0 Å². The standard InChI is InChI=1S/C44H31NO/c1-3-12-32(13-4-1)33-22-26-39(27-23-33)45(42-20-9-8-19-41(42)35-14-5-2-6-15-35)40-28-24-34(25-29-40)36-17-11-18-37(30-36)44-31-38-16-7-10-21-43(38)46-44/h1-31H. The number of furan rings is 1. The molecule has 0 N–H and O–H groups in total. The van der Waals surface area contributed by atoms with E-state index in [4.69, 9.17) is 4.42 Å². The summed E-state index contributed by atoms with van der Waals surface area (Å²) in [6.07, 6.45) is 0. The fourth-order valence-electron chi connectivity index (χ4n) is 6.17. The molecule has 0 amide bonds. The number of benzene rings is 7. The Bertz CT molecular complexity index is 2200. The Kier molecular flexibility index (Phi) is 7.22. The molecular formula is C44H31NO. The van der Waals surface area contributed by atoms with Crippen molar-refractivity contribution < 1.29 is 4.42 Å². The van der Waals surface area contributed by atoms with Crippen LogP contribution in [0.4, 0.5) is 17.1 Å². The van der Waals surface area contributed by atoms with Crippen molar-refractivity contribution in [1.82, 2.24) is 0 Å². The maximum atomic E-state index is 6.17. The number of hydrogen-bond donors (Lipinski definition) is 0. The summed E-state index contributed by atoms with van der Waals surface area (Å²) >= 11 is 0. The predicted molar refractivity (Wildman–Crippen MR) is 193 cm³/mol. The molecule has 1 heterocycles. The number of nitrogens with zero attached hydrogens (tertiary/aromatic N) is 1. The van der Waals surface area contributed by atoms with Crippen LogP contribution in [0.15, 0.2) is 192 Å². The molecule has 7 aromatic carbocycles. The van der Waals surface area contributed by atoms with E-state index in [1.54, 1.807) is 0 Å². The first-order valence-corrected chi connectivity index (χ1v) is 15.6. The molecule has 0 atom stereocenters. The summed E-state index contributed by atoms with van der Waals surface area (Å²) in [5.41, 5.74) is 12.3. The first-order valence-electron chi connectivity index (χ1n) is 15.6. The van der Waals surface area contributed by atoms with Gasteiger partial charge < -0.3 is 9.32 Å². The Morgan fingerprint density at radius 1 is 0.348 bits per heavy atom. The lowest BCUT2D eigenvalue weighted by Gasteiger charge is -2.28. The Morgan fingerprint density at radius 2 is 0.870 bits per heavy atom. The average Bonchev–Trinajstić information content (AvgIpc) is 3.58. The van der Waals surface area contributed by atoms with Gasteiger partial charge in [0.15, 0.2) is 0 Å². The minimum atomic E-state index is 0.877. The second-order valence-corrected chi connectivity index (χ2v) is 11.4. The highest BCUT2D eigenvalue weighted by Crippen LogP contribution is 2.42. The van der Waals surface area contributed by atoms with Gasteiger partial charge >= 0.3 is 0 Å². The van der Waals surface area contributed by atoms with E-state index in [9.17, 15) is 0 Å². The van der Waals surface area contributed by atoms with Gasteiger partial charge in [-0.2, -0.15) is 0 Å². The molecule has 0 bridgehead atoms. The van der Waals surface area contributed by atoms with E-state index < -0.39 is 0 Å². The second-order valence-electron chi connectivity index (χ2n) is 11.4. The topological polar surface area (TPSA) is 16.4 Å². The average molecular weight is 590 g/mol. The van der Waals surface area contributed by atoms with Gasteiger partial charge in [0.05, 0.1) is 5.69 Å². The summed E-state index contributed by atoms with van der Waals surface area (Å²) in [7, 11) is 0. The van der Waals surface area contributed by atoms with E-state index in [0.29, 0.717) is 0 Å². The zero-order valence-corrected chi connectivity index (χ0v) is 25.3. The molecule has 1 aromatic heterocycles. The molecule has 2 nitrogen and oxygen atoms in total. The molecule has 0 aliphatic heterocycles. The van der Waals surface area contributed by atoms with Crippen LogP contribution in [0.5, 0.6) is 0 Å².